The van der Waals surface area contributed by atoms with E-state index in [2.05, 4.69) is 11.9 Å². The van der Waals surface area contributed by atoms with Crippen molar-refractivity contribution in [2.45, 2.75) is 43.2 Å². The van der Waals surface area contributed by atoms with Crippen molar-refractivity contribution in [3.8, 4) is 5.75 Å². The first-order chi connectivity index (χ1) is 10.0. The molecule has 1 saturated carbocycles. The van der Waals surface area contributed by atoms with E-state index in [1.165, 1.54) is 0 Å². The minimum absolute atomic E-state index is 0.0246. The number of likely N-dealkylation sites (N-methyl/N-ethyl adjacent to an activating group) is 1. The number of aromatic hydroxyl groups is 1. The molecule has 4 heteroatoms. The van der Waals surface area contributed by atoms with E-state index in [-0.39, 0.29) is 17.5 Å². The Morgan fingerprint density at radius 2 is 2.14 bits per heavy atom. The molecule has 2 aliphatic carbocycles. The molecular formula is C17H21NO3. The number of Topliss-reactive ketones (excluding diaryl/α,β-unsaturated/α-hetero) is 1. The van der Waals surface area contributed by atoms with Gasteiger partial charge >= 0.3 is 0 Å². The molecule has 0 radical (unpaired) electrons. The first kappa shape index (κ1) is 13.3. The van der Waals surface area contributed by atoms with Gasteiger partial charge in [-0.25, -0.2) is 0 Å². The molecule has 2 N–H and O–H groups in total. The van der Waals surface area contributed by atoms with Crippen molar-refractivity contribution in [2.75, 3.05) is 13.6 Å². The Labute approximate surface area is 124 Å². The van der Waals surface area contributed by atoms with Crippen LogP contribution in [0.15, 0.2) is 18.2 Å². The molecule has 1 aliphatic heterocycles. The fourth-order valence-electron chi connectivity index (χ4n) is 5.00. The van der Waals surface area contributed by atoms with E-state index in [1.54, 1.807) is 12.1 Å². The van der Waals surface area contributed by atoms with Crippen LogP contribution in [0.4, 0.5) is 0 Å². The number of rotatable bonds is 0. The number of hydrogen-bond donors (Lipinski definition) is 2. The van der Waals surface area contributed by atoms with Gasteiger partial charge in [0.05, 0.1) is 5.41 Å². The standard InChI is InChI=1S/C17H21NO3/c1-18-7-6-17-12(4-5-15(20)16(17)21)14(18)8-10-2-3-11(19)9-13(10)17/h2-3,9,12,14-15,19-20H,4-8H2,1H3/t12-,14+,15?,17-/m0/s1. The summed E-state index contributed by atoms with van der Waals surface area (Å²) in [6.07, 6.45) is 2.29. The number of carbonyl (C=O) groups is 1. The van der Waals surface area contributed by atoms with Gasteiger partial charge in [-0.15, -0.1) is 0 Å². The van der Waals surface area contributed by atoms with Crippen molar-refractivity contribution in [2.24, 2.45) is 5.92 Å². The highest BCUT2D eigenvalue weighted by molar-refractivity contribution is 5.96. The Morgan fingerprint density at radius 1 is 1.33 bits per heavy atom. The smallest absolute Gasteiger partial charge is 0.172 e. The number of aliphatic hydroxyl groups excluding tert-OH is 1. The molecule has 1 unspecified atom stereocenters. The van der Waals surface area contributed by atoms with E-state index in [1.807, 2.05) is 6.07 Å². The van der Waals surface area contributed by atoms with Crippen molar-refractivity contribution in [3.63, 3.8) is 0 Å². The number of hydrogen-bond acceptors (Lipinski definition) is 4. The van der Waals surface area contributed by atoms with E-state index >= 15 is 0 Å². The highest BCUT2D eigenvalue weighted by Crippen LogP contribution is 2.54. The lowest BCUT2D eigenvalue weighted by molar-refractivity contribution is -0.146. The zero-order chi connectivity index (χ0) is 14.8. The first-order valence-electron chi connectivity index (χ1n) is 7.79. The SMILES string of the molecule is CN1CC[C@]23C(=O)C(O)CC[C@H]2[C@H]1Cc1ccc(O)cc13. The van der Waals surface area contributed by atoms with E-state index in [4.69, 9.17) is 0 Å². The Balaban J connectivity index is 1.96. The van der Waals surface area contributed by atoms with Crippen molar-refractivity contribution in [1.82, 2.24) is 4.90 Å². The summed E-state index contributed by atoms with van der Waals surface area (Å²) in [5.41, 5.74) is 1.55. The largest absolute Gasteiger partial charge is 0.508 e. The molecule has 2 fully saturated rings. The van der Waals surface area contributed by atoms with Gasteiger partial charge in [-0.3, -0.25) is 4.79 Å². The molecule has 1 heterocycles. The lowest BCUT2D eigenvalue weighted by Gasteiger charge is -2.57. The molecule has 2 bridgehead atoms. The van der Waals surface area contributed by atoms with Crippen molar-refractivity contribution < 1.29 is 15.0 Å². The van der Waals surface area contributed by atoms with Crippen LogP contribution in [0.1, 0.15) is 30.4 Å². The summed E-state index contributed by atoms with van der Waals surface area (Å²) in [7, 11) is 2.13. The van der Waals surface area contributed by atoms with Crippen LogP contribution in [-0.2, 0) is 16.6 Å². The second-order valence-corrected chi connectivity index (χ2v) is 6.88. The number of aliphatic hydroxyl groups is 1. The minimum atomic E-state index is -0.849. The Bertz CT molecular complexity index is 614. The maximum absolute atomic E-state index is 12.9. The predicted octanol–water partition coefficient (Wildman–Crippen LogP) is 1.23. The molecule has 1 aromatic rings. The third-order valence-corrected chi connectivity index (χ3v) is 6.02. The second-order valence-electron chi connectivity index (χ2n) is 6.88. The summed E-state index contributed by atoms with van der Waals surface area (Å²) in [5.74, 6) is 0.456. The molecule has 112 valence electrons. The Kier molecular flexibility index (Phi) is 2.72. The number of benzene rings is 1. The average Bonchev–Trinajstić information content (AvgIpc) is 2.47. The number of phenolic OH excluding ortho intramolecular Hbond substituents is 1. The van der Waals surface area contributed by atoms with Crippen molar-refractivity contribution >= 4 is 5.78 Å². The van der Waals surface area contributed by atoms with Gasteiger partial charge in [0, 0.05) is 6.04 Å². The van der Waals surface area contributed by atoms with E-state index in [9.17, 15) is 15.0 Å². The van der Waals surface area contributed by atoms with Gasteiger partial charge in [0.15, 0.2) is 5.78 Å². The molecule has 1 saturated heterocycles. The quantitative estimate of drug-likeness (QED) is 0.753. The molecule has 4 nitrogen and oxygen atoms in total. The van der Waals surface area contributed by atoms with E-state index < -0.39 is 11.5 Å². The molecule has 21 heavy (non-hydrogen) atoms. The number of phenols is 1. The van der Waals surface area contributed by atoms with Gasteiger partial charge in [-0.05, 0) is 68.5 Å². The van der Waals surface area contributed by atoms with Gasteiger partial charge in [0.1, 0.15) is 11.9 Å². The molecule has 1 aromatic carbocycles. The summed E-state index contributed by atoms with van der Waals surface area (Å²) in [4.78, 5) is 15.3. The summed E-state index contributed by atoms with van der Waals surface area (Å²) < 4.78 is 0. The molecule has 4 atom stereocenters. The van der Waals surface area contributed by atoms with Crippen molar-refractivity contribution in [3.05, 3.63) is 29.3 Å². The molecule has 4 rings (SSSR count). The van der Waals surface area contributed by atoms with Gasteiger partial charge in [0.2, 0.25) is 0 Å². The number of likely N-dealkylation sites (tertiary alicyclic amines) is 1. The molecule has 0 spiro atoms. The summed E-state index contributed by atoms with van der Waals surface area (Å²) in [6.45, 7) is 0.870. The van der Waals surface area contributed by atoms with Crippen LogP contribution in [0.3, 0.4) is 0 Å². The van der Waals surface area contributed by atoms with Crippen LogP contribution in [0, 0.1) is 5.92 Å². The fraction of sp³-hybridized carbons (Fsp3) is 0.588. The Morgan fingerprint density at radius 3 is 2.95 bits per heavy atom. The minimum Gasteiger partial charge on any atom is -0.508 e. The maximum Gasteiger partial charge on any atom is 0.172 e. The van der Waals surface area contributed by atoms with E-state index in [0.717, 1.165) is 36.9 Å². The summed E-state index contributed by atoms with van der Waals surface area (Å²) in [6, 6.07) is 5.78. The third-order valence-electron chi connectivity index (χ3n) is 6.02. The third kappa shape index (κ3) is 1.60. The van der Waals surface area contributed by atoms with Crippen LogP contribution < -0.4 is 0 Å². The van der Waals surface area contributed by atoms with Crippen LogP contribution in [0.25, 0.3) is 0 Å². The molecule has 3 aliphatic rings. The van der Waals surface area contributed by atoms with Crippen LogP contribution in [0.5, 0.6) is 5.75 Å². The number of nitrogens with zero attached hydrogens (tertiary/aromatic N) is 1. The summed E-state index contributed by atoms with van der Waals surface area (Å²) >= 11 is 0. The number of ketones is 1. The van der Waals surface area contributed by atoms with Crippen molar-refractivity contribution in [1.29, 1.82) is 0 Å². The van der Waals surface area contributed by atoms with Gasteiger partial charge < -0.3 is 15.1 Å². The van der Waals surface area contributed by atoms with Gasteiger partial charge in [0.25, 0.3) is 0 Å². The topological polar surface area (TPSA) is 60.8 Å². The number of carbonyl (C=O) groups excluding carboxylic acids is 1. The van der Waals surface area contributed by atoms with Crippen LogP contribution in [-0.4, -0.2) is 46.6 Å². The average molecular weight is 287 g/mol. The number of fused-ring (bicyclic) bond motifs is 1. The lowest BCUT2D eigenvalue weighted by Crippen LogP contribution is -2.65. The molecular weight excluding hydrogens is 266 g/mol. The van der Waals surface area contributed by atoms with E-state index in [0.29, 0.717) is 12.5 Å². The zero-order valence-electron chi connectivity index (χ0n) is 12.2. The van der Waals surface area contributed by atoms with Crippen LogP contribution in [0.2, 0.25) is 0 Å². The zero-order valence-corrected chi connectivity index (χ0v) is 12.2. The fourth-order valence-corrected chi connectivity index (χ4v) is 5.00. The lowest BCUT2D eigenvalue weighted by atomic mass is 9.51. The second kappa shape index (κ2) is 4.31. The first-order valence-corrected chi connectivity index (χ1v) is 7.79. The van der Waals surface area contributed by atoms with Crippen LogP contribution >= 0.6 is 0 Å². The maximum atomic E-state index is 12.9. The predicted molar refractivity (Wildman–Crippen MR) is 78.3 cm³/mol. The highest BCUT2D eigenvalue weighted by atomic mass is 16.3. The summed E-state index contributed by atoms with van der Waals surface area (Å²) in [5, 5.41) is 20.1. The Hall–Kier alpha value is -1.39. The van der Waals surface area contributed by atoms with Gasteiger partial charge in [-0.2, -0.15) is 0 Å². The molecule has 0 amide bonds. The van der Waals surface area contributed by atoms with Gasteiger partial charge in [-0.1, -0.05) is 6.07 Å². The normalized spacial score (nSPS) is 38.8. The number of piperidine rings is 1. The monoisotopic (exact) mass is 287 g/mol. The molecule has 0 aromatic heterocycles. The highest BCUT2D eigenvalue weighted by Gasteiger charge is 2.59.